The lowest BCUT2D eigenvalue weighted by Crippen LogP contribution is -2.38. The fourth-order valence-corrected chi connectivity index (χ4v) is 8.35. The smallest absolute Gasteiger partial charge is 0.407 e. The van der Waals surface area contributed by atoms with Gasteiger partial charge in [0.05, 0.1) is 32.8 Å². The number of ketones is 2. The Labute approximate surface area is 466 Å². The zero-order valence-corrected chi connectivity index (χ0v) is 46.3. The van der Waals surface area contributed by atoms with Gasteiger partial charge < -0.3 is 63.1 Å². The van der Waals surface area contributed by atoms with Crippen molar-refractivity contribution in [3.8, 4) is 5.75 Å². The van der Waals surface area contributed by atoms with Gasteiger partial charge in [0.1, 0.15) is 24.7 Å². The molecule has 0 radical (unpaired) electrons. The molecule has 0 atom stereocenters. The summed E-state index contributed by atoms with van der Waals surface area (Å²) in [6, 6.07) is 16.5. The highest BCUT2D eigenvalue weighted by Gasteiger charge is 2.25. The summed E-state index contributed by atoms with van der Waals surface area (Å²) in [6.07, 6.45) is 11.9. The molecule has 1 saturated carbocycles. The first kappa shape index (κ1) is 63.8. The Balaban J connectivity index is 0.000000421. The number of amides is 2. The Hall–Kier alpha value is -6.72. The number of Topliss-reactive ketones (excluding diaryl/α,β-unsaturated/α-hetero) is 2. The number of alkyl carbamates (subject to hydrolysis) is 1. The molecule has 22 nitrogen and oxygen atoms in total. The summed E-state index contributed by atoms with van der Waals surface area (Å²) in [5, 5.41) is 13.1. The number of aryl methyl sites for hydroxylation is 3. The van der Waals surface area contributed by atoms with Crippen molar-refractivity contribution in [2.75, 3.05) is 82.8 Å². The Morgan fingerprint density at radius 2 is 1.27 bits per heavy atom. The van der Waals surface area contributed by atoms with E-state index in [1.165, 1.54) is 11.1 Å². The first-order chi connectivity index (χ1) is 37.5. The molecule has 2 heterocycles. The van der Waals surface area contributed by atoms with E-state index in [-0.39, 0.29) is 81.6 Å². The van der Waals surface area contributed by atoms with Crippen LogP contribution in [0.3, 0.4) is 0 Å². The number of halogens is 2. The molecule has 1 fully saturated rings. The molecule has 5 rings (SSSR count). The van der Waals surface area contributed by atoms with Crippen LogP contribution in [0.1, 0.15) is 128 Å². The van der Waals surface area contributed by atoms with Crippen LogP contribution in [0.4, 0.5) is 28.1 Å². The van der Waals surface area contributed by atoms with E-state index in [2.05, 4.69) is 66.8 Å². The monoisotopic (exact) mass is 1120 g/mol. The highest BCUT2D eigenvalue weighted by Crippen LogP contribution is 2.28. The maximum Gasteiger partial charge on any atom is 0.407 e. The number of hydrogen-bond acceptors (Lipinski definition) is 19. The van der Waals surface area contributed by atoms with Gasteiger partial charge in [0.2, 0.25) is 0 Å². The highest BCUT2D eigenvalue weighted by molar-refractivity contribution is 6.32. The minimum Gasteiger partial charge on any atom is -0.491 e. The molecule has 0 aliphatic heterocycles. The molecule has 0 unspecified atom stereocenters. The number of aliphatic imine (C=N–C) groups is 1. The van der Waals surface area contributed by atoms with Crippen LogP contribution in [0.25, 0.3) is 0 Å². The minimum atomic E-state index is -0.677. The van der Waals surface area contributed by atoms with Gasteiger partial charge in [-0.2, -0.15) is 0 Å². The van der Waals surface area contributed by atoms with Crippen molar-refractivity contribution in [1.29, 1.82) is 5.41 Å². The number of guanidine groups is 1. The van der Waals surface area contributed by atoms with Crippen molar-refractivity contribution in [2.45, 2.75) is 116 Å². The molecule has 2 aromatic heterocycles. The molecule has 13 N–H and O–H groups in total. The number of benzene rings is 2. The van der Waals surface area contributed by atoms with Crippen LogP contribution in [-0.4, -0.2) is 121 Å². The second-order valence-corrected chi connectivity index (χ2v) is 19.5. The zero-order valence-electron chi connectivity index (χ0n) is 44.8. The number of nitrogens with two attached hydrogens (primary N) is 5. The number of nitrogens with zero attached hydrogens (tertiary/aromatic N) is 5. The van der Waals surface area contributed by atoms with Crippen molar-refractivity contribution in [1.82, 2.24) is 30.6 Å². The second-order valence-electron chi connectivity index (χ2n) is 18.7. The van der Waals surface area contributed by atoms with Gasteiger partial charge in [-0.25, -0.2) is 24.7 Å². The first-order valence-corrected chi connectivity index (χ1v) is 27.0. The number of rotatable bonds is 32. The number of hydrogen-bond donors (Lipinski definition) is 8. The number of aromatic nitrogens is 4. The van der Waals surface area contributed by atoms with Crippen LogP contribution in [0.15, 0.2) is 53.5 Å². The van der Waals surface area contributed by atoms with Crippen molar-refractivity contribution >= 4 is 81.7 Å². The largest absolute Gasteiger partial charge is 0.491 e. The van der Waals surface area contributed by atoms with Crippen molar-refractivity contribution in [3.63, 3.8) is 0 Å². The average Bonchev–Trinajstić information content (AvgIpc) is 3.41. The van der Waals surface area contributed by atoms with Crippen LogP contribution in [-0.2, 0) is 36.6 Å². The molecule has 0 bridgehead atoms. The van der Waals surface area contributed by atoms with Gasteiger partial charge in [0, 0.05) is 44.9 Å². The van der Waals surface area contributed by atoms with Gasteiger partial charge in [-0.15, -0.1) is 0 Å². The quantitative estimate of drug-likeness (QED) is 0.0102. The first-order valence-electron chi connectivity index (χ1n) is 26.3. The molecule has 1 aliphatic rings. The summed E-state index contributed by atoms with van der Waals surface area (Å²) in [6.45, 7) is 5.38. The Kier molecular flexibility index (Phi) is 29.2. The molecule has 2 aromatic carbocycles. The molecule has 0 spiro atoms. The number of ether oxygens (including phenoxy) is 5. The molecule has 1 aliphatic carbocycles. The average molecular weight is 1120 g/mol. The summed E-state index contributed by atoms with van der Waals surface area (Å²) in [5.74, 6) is -0.0140. The number of anilines is 4. The van der Waals surface area contributed by atoms with Gasteiger partial charge in [0.25, 0.3) is 5.91 Å². The third-order valence-corrected chi connectivity index (χ3v) is 12.9. The fraction of sp³-hybridized carbons (Fsp3) is 0.519. The highest BCUT2D eigenvalue weighted by atomic mass is 35.5. The van der Waals surface area contributed by atoms with Gasteiger partial charge in [0.15, 0.2) is 56.7 Å². The number of nitrogen functional groups attached to an aromatic ring is 4. The van der Waals surface area contributed by atoms with Gasteiger partial charge in [-0.3, -0.25) is 24.7 Å². The predicted molar refractivity (Wildman–Crippen MR) is 303 cm³/mol. The molecular formula is C54H77Cl2N13O9. The second kappa shape index (κ2) is 35.6. The van der Waals surface area contributed by atoms with Crippen LogP contribution in [0.2, 0.25) is 10.3 Å². The maximum absolute atomic E-state index is 12.5. The molecular weight excluding hydrogens is 1050 g/mol. The van der Waals surface area contributed by atoms with Gasteiger partial charge in [-0.05, 0) is 113 Å². The van der Waals surface area contributed by atoms with E-state index in [0.29, 0.717) is 83.5 Å². The number of methoxy groups -OCH3 is 1. The lowest BCUT2D eigenvalue weighted by molar-refractivity contribution is -0.120. The van der Waals surface area contributed by atoms with E-state index < -0.39 is 12.0 Å². The maximum atomic E-state index is 12.5. The van der Waals surface area contributed by atoms with Crippen LogP contribution in [0.5, 0.6) is 5.75 Å². The van der Waals surface area contributed by atoms with Gasteiger partial charge in [-0.1, -0.05) is 71.6 Å². The fourth-order valence-electron chi connectivity index (χ4n) is 8.10. The summed E-state index contributed by atoms with van der Waals surface area (Å²) >= 11 is 11.6. The van der Waals surface area contributed by atoms with Crippen LogP contribution in [0, 0.1) is 18.3 Å². The van der Waals surface area contributed by atoms with Crippen molar-refractivity contribution in [3.05, 3.63) is 86.9 Å². The standard InChI is InChI=1S/C35H53ClN8O8.C19H24ClN5O/c1-48-17-18-50-20-22-52-35(47)41-26-11-7-25(8-12-26)23-27(45)6-4-16-49-19-21-51-28-13-9-24(10-14-28)5-2-3-15-40-34(39)44-33(46)29-31(37)43-32(38)30(36)42-29;1-12-7-9-13(10-8-12)5-3-2-4-6-14(21)11-15(26)16-18(22)25-19(23)17(20)24-16/h9-10,13-14,25-26H,2-8,11-12,15-23H2,1H3,(H,41,47)(H4,37,38,43)(H3,39,40,44,46);7-10,21H,2-6,11H2,1H3,(H4,22,23,25). The SMILES string of the molecule is COCCOCCOC(=O)NC1CCC(CC(=O)CCCOCCOc2ccc(CCCCN=C(N)NC(=O)c3nc(Cl)c(N)nc3N)cc2)CC1.Cc1ccc(CCCCCC(=N)CC(=O)c2nc(Cl)c(N)nc2N)cc1. The summed E-state index contributed by atoms with van der Waals surface area (Å²) in [5.41, 5.74) is 32.1. The minimum absolute atomic E-state index is 0.00984. The summed E-state index contributed by atoms with van der Waals surface area (Å²) in [4.78, 5) is 68.4. The number of carbonyl (C=O) groups is 4. The Morgan fingerprint density at radius 3 is 1.94 bits per heavy atom. The van der Waals surface area contributed by atoms with Crippen molar-refractivity contribution in [2.24, 2.45) is 16.6 Å². The van der Waals surface area contributed by atoms with E-state index in [0.717, 1.165) is 81.9 Å². The van der Waals surface area contributed by atoms with Crippen LogP contribution >= 0.6 is 23.2 Å². The van der Waals surface area contributed by atoms with Crippen LogP contribution < -0.4 is 44.0 Å². The Morgan fingerprint density at radius 1 is 0.679 bits per heavy atom. The summed E-state index contributed by atoms with van der Waals surface area (Å²) < 4.78 is 26.8. The van der Waals surface area contributed by atoms with Gasteiger partial charge >= 0.3 is 6.09 Å². The zero-order chi connectivity index (χ0) is 56.7. The molecule has 78 heavy (non-hydrogen) atoms. The lowest BCUT2D eigenvalue weighted by atomic mass is 9.83. The predicted octanol–water partition coefficient (Wildman–Crippen LogP) is 7.44. The van der Waals surface area contributed by atoms with E-state index in [1.54, 1.807) is 7.11 Å². The third kappa shape index (κ3) is 25.2. The number of unbranched alkanes of at least 4 members (excludes halogenated alkanes) is 3. The van der Waals surface area contributed by atoms with E-state index >= 15 is 0 Å². The van der Waals surface area contributed by atoms with E-state index in [1.807, 2.05) is 24.3 Å². The normalized spacial score (nSPS) is 14.2. The molecule has 0 saturated heterocycles. The van der Waals surface area contributed by atoms with E-state index in [4.69, 9.17) is 81.0 Å². The topological polar surface area (TPSA) is 356 Å². The number of carbonyl (C=O) groups excluding carboxylic acids is 4. The summed E-state index contributed by atoms with van der Waals surface area (Å²) in [7, 11) is 1.60. The van der Waals surface area contributed by atoms with E-state index in [9.17, 15) is 19.2 Å². The Bertz CT molecular complexity index is 2550. The number of nitrogens with one attached hydrogen (secondary N) is 3. The molecule has 2 amide bonds. The molecule has 24 heteroatoms. The molecule has 426 valence electrons. The van der Waals surface area contributed by atoms with Crippen molar-refractivity contribution < 1.29 is 42.9 Å². The lowest BCUT2D eigenvalue weighted by Gasteiger charge is -2.28. The third-order valence-electron chi connectivity index (χ3n) is 12.4. The molecule has 4 aromatic rings.